The fourth-order valence-corrected chi connectivity index (χ4v) is 5.44. The molecule has 0 N–H and O–H groups in total. The van der Waals surface area contributed by atoms with Crippen LogP contribution < -0.4 is 9.47 Å². The molecule has 0 spiro atoms. The Balaban J connectivity index is 1.23. The van der Waals surface area contributed by atoms with E-state index < -0.39 is 11.8 Å². The lowest BCUT2D eigenvalue weighted by Gasteiger charge is -2.37. The third kappa shape index (κ3) is 9.00. The van der Waals surface area contributed by atoms with E-state index >= 15 is 0 Å². The van der Waals surface area contributed by atoms with Crippen molar-refractivity contribution < 1.29 is 33.1 Å². The maximum atomic E-state index is 12.4. The van der Waals surface area contributed by atoms with Crippen LogP contribution in [-0.4, -0.2) is 59.5 Å². The van der Waals surface area contributed by atoms with Crippen LogP contribution in [0.25, 0.3) is 11.4 Å². The predicted molar refractivity (Wildman–Crippen MR) is 170 cm³/mol. The second-order valence-corrected chi connectivity index (χ2v) is 12.5. The van der Waals surface area contributed by atoms with Gasteiger partial charge in [0.15, 0.2) is 6.61 Å². The summed E-state index contributed by atoms with van der Waals surface area (Å²) in [7, 11) is 1.60. The largest absolute Gasteiger partial charge is 0.528 e. The number of carbonyl (C=O) groups excluding carboxylic acids is 1. The van der Waals surface area contributed by atoms with Crippen LogP contribution in [0.3, 0.4) is 0 Å². The molecule has 1 aliphatic rings. The van der Waals surface area contributed by atoms with Gasteiger partial charge in [0.05, 0.1) is 31.9 Å². The molecule has 0 amide bonds. The summed E-state index contributed by atoms with van der Waals surface area (Å²) in [5, 5.41) is 5.71. The molecule has 2 atom stereocenters. The summed E-state index contributed by atoms with van der Waals surface area (Å²) in [6.45, 7) is 6.96. The van der Waals surface area contributed by atoms with Gasteiger partial charge in [-0.25, -0.2) is 4.79 Å². The summed E-state index contributed by atoms with van der Waals surface area (Å²) in [6, 6.07) is 23.8. The van der Waals surface area contributed by atoms with Crippen LogP contribution in [0.5, 0.6) is 11.5 Å². The zero-order valence-electron chi connectivity index (χ0n) is 26.2. The molecule has 0 bridgehead atoms. The van der Waals surface area contributed by atoms with Crippen LogP contribution in [0, 0.1) is 0 Å². The molecule has 238 valence electrons. The molecule has 2 heterocycles. The van der Waals surface area contributed by atoms with E-state index in [4.69, 9.17) is 28.3 Å². The molecule has 0 radical (unpaired) electrons. The van der Waals surface area contributed by atoms with Gasteiger partial charge in [0.25, 0.3) is 5.89 Å². The van der Waals surface area contributed by atoms with Gasteiger partial charge in [0.2, 0.25) is 5.82 Å². The van der Waals surface area contributed by atoms with Crippen LogP contribution in [0.4, 0.5) is 4.79 Å². The van der Waals surface area contributed by atoms with Gasteiger partial charge in [0, 0.05) is 17.4 Å². The number of thioether (sulfide) groups is 1. The van der Waals surface area contributed by atoms with Crippen LogP contribution in [0.15, 0.2) is 82.2 Å². The molecule has 1 saturated heterocycles. The summed E-state index contributed by atoms with van der Waals surface area (Å²) < 4.78 is 28.6. The van der Waals surface area contributed by atoms with Gasteiger partial charge in [-0.3, -0.25) is 0 Å². The van der Waals surface area contributed by atoms with Crippen molar-refractivity contribution in [3.8, 4) is 22.9 Å². The Bertz CT molecular complexity index is 1540. The quantitative estimate of drug-likeness (QED) is 0.123. The molecule has 3 aromatic carbocycles. The fourth-order valence-electron chi connectivity index (χ4n) is 5.03. The minimum atomic E-state index is -0.717. The number of piperidine rings is 1. The summed E-state index contributed by atoms with van der Waals surface area (Å²) >= 11 is 1.70. The lowest BCUT2D eigenvalue weighted by atomic mass is 9.87. The topological polar surface area (TPSA) is 105 Å². The number of nitrogens with zero attached hydrogens (tertiary/aromatic N) is 3. The molecule has 2 unspecified atom stereocenters. The van der Waals surface area contributed by atoms with E-state index in [1.165, 1.54) is 4.90 Å². The molecule has 5 rings (SSSR count). The van der Waals surface area contributed by atoms with Crippen LogP contribution in [0.2, 0.25) is 0 Å². The van der Waals surface area contributed by atoms with Crippen molar-refractivity contribution >= 4 is 17.9 Å². The Morgan fingerprint density at radius 2 is 1.78 bits per heavy atom. The Morgan fingerprint density at radius 3 is 2.49 bits per heavy atom. The molecule has 0 aliphatic carbocycles. The molecule has 0 saturated carbocycles. The lowest BCUT2D eigenvalue weighted by Crippen LogP contribution is -2.45. The zero-order valence-corrected chi connectivity index (χ0v) is 27.0. The van der Waals surface area contributed by atoms with Gasteiger partial charge in [-0.1, -0.05) is 41.6 Å². The van der Waals surface area contributed by atoms with Crippen LogP contribution in [-0.2, 0) is 27.5 Å². The molecule has 1 aromatic heterocycles. The Hall–Kier alpha value is -4.06. The zero-order chi connectivity index (χ0) is 31.8. The standard InChI is InChI=1S/C34H39N3O7S/c1-34(2,3)42-33(38)44-37-19-18-27(30(20-37)41-21-23-10-16-26(45-5)17-11-23)24-12-14-25(15-13-24)40-22-31-35-32(36-43-31)28-8-6-7-9-29(28)39-4/h6-17,27,30H,18-22H2,1-5H3. The average Bonchev–Trinajstić information content (AvgIpc) is 3.51. The highest BCUT2D eigenvalue weighted by Crippen LogP contribution is 2.33. The highest BCUT2D eigenvalue weighted by Gasteiger charge is 2.34. The summed E-state index contributed by atoms with van der Waals surface area (Å²) in [5.41, 5.74) is 2.29. The summed E-state index contributed by atoms with van der Waals surface area (Å²) in [6.07, 6.45) is 1.84. The fraction of sp³-hybridized carbons (Fsp3) is 0.382. The van der Waals surface area contributed by atoms with Gasteiger partial charge >= 0.3 is 6.16 Å². The van der Waals surface area contributed by atoms with E-state index in [9.17, 15) is 4.79 Å². The van der Waals surface area contributed by atoms with Crippen molar-refractivity contribution in [3.05, 3.63) is 89.8 Å². The third-order valence-electron chi connectivity index (χ3n) is 7.22. The van der Waals surface area contributed by atoms with Crippen molar-refractivity contribution in [2.24, 2.45) is 0 Å². The second-order valence-electron chi connectivity index (χ2n) is 11.6. The first kappa shape index (κ1) is 32.3. The van der Waals surface area contributed by atoms with Crippen molar-refractivity contribution in [2.45, 2.75) is 62.9 Å². The number of hydrogen-bond acceptors (Lipinski definition) is 11. The van der Waals surface area contributed by atoms with E-state index in [2.05, 4.69) is 40.7 Å². The summed E-state index contributed by atoms with van der Waals surface area (Å²) in [4.78, 5) is 23.6. The van der Waals surface area contributed by atoms with Crippen molar-refractivity contribution in [1.82, 2.24) is 15.2 Å². The highest BCUT2D eigenvalue weighted by molar-refractivity contribution is 7.98. The number of rotatable bonds is 11. The molecule has 1 fully saturated rings. The Morgan fingerprint density at radius 1 is 1.02 bits per heavy atom. The van der Waals surface area contributed by atoms with E-state index in [0.717, 1.165) is 23.1 Å². The molecular weight excluding hydrogens is 594 g/mol. The van der Waals surface area contributed by atoms with Crippen molar-refractivity contribution in [3.63, 3.8) is 0 Å². The maximum absolute atomic E-state index is 12.4. The SMILES string of the molecule is COc1ccccc1-c1noc(COc2ccc(C3CCN(OC(=O)OC(C)(C)C)CC3OCc3ccc(SC)cc3)cc2)n1. The number of carbonyl (C=O) groups is 1. The predicted octanol–water partition coefficient (Wildman–Crippen LogP) is 7.29. The number of hydroxylamine groups is 2. The van der Waals surface area contributed by atoms with E-state index in [1.807, 2.05) is 69.3 Å². The third-order valence-corrected chi connectivity index (χ3v) is 7.97. The second kappa shape index (κ2) is 14.8. The number of ether oxygens (including phenoxy) is 4. The Kier molecular flexibility index (Phi) is 10.6. The monoisotopic (exact) mass is 633 g/mol. The van der Waals surface area contributed by atoms with Crippen LogP contribution in [0.1, 0.15) is 50.1 Å². The number of methoxy groups -OCH3 is 1. The molecule has 11 heteroatoms. The van der Waals surface area contributed by atoms with Crippen molar-refractivity contribution in [1.29, 1.82) is 0 Å². The number of hydrogen-bond donors (Lipinski definition) is 0. The van der Waals surface area contributed by atoms with Gasteiger partial charge in [-0.05, 0) is 81.0 Å². The number of aromatic nitrogens is 2. The summed E-state index contributed by atoms with van der Waals surface area (Å²) in [5.74, 6) is 2.22. The molecule has 45 heavy (non-hydrogen) atoms. The molecular formula is C34H39N3O7S. The average molecular weight is 634 g/mol. The van der Waals surface area contributed by atoms with Gasteiger partial charge in [0.1, 0.15) is 17.1 Å². The van der Waals surface area contributed by atoms with Gasteiger partial charge in [-0.15, -0.1) is 16.8 Å². The minimum absolute atomic E-state index is 0.0855. The van der Waals surface area contributed by atoms with Gasteiger partial charge in [-0.2, -0.15) is 4.98 Å². The first-order valence-corrected chi connectivity index (χ1v) is 16.0. The van der Waals surface area contributed by atoms with E-state index in [1.54, 1.807) is 23.9 Å². The highest BCUT2D eigenvalue weighted by atomic mass is 32.2. The van der Waals surface area contributed by atoms with Crippen molar-refractivity contribution in [2.75, 3.05) is 26.5 Å². The number of benzene rings is 3. The van der Waals surface area contributed by atoms with E-state index in [-0.39, 0.29) is 18.6 Å². The maximum Gasteiger partial charge on any atom is 0.528 e. The smallest absolute Gasteiger partial charge is 0.496 e. The Labute approximate surface area is 267 Å². The molecule has 10 nitrogen and oxygen atoms in total. The molecule has 1 aliphatic heterocycles. The lowest BCUT2D eigenvalue weighted by molar-refractivity contribution is -0.179. The van der Waals surface area contributed by atoms with Gasteiger partial charge < -0.3 is 28.3 Å². The van der Waals surface area contributed by atoms with E-state index in [0.29, 0.717) is 42.9 Å². The normalized spacial score (nSPS) is 17.1. The molecule has 4 aromatic rings. The first-order valence-electron chi connectivity index (χ1n) is 14.8. The van der Waals surface area contributed by atoms with Crippen LogP contribution >= 0.6 is 11.8 Å². The number of para-hydroxylation sites is 1. The minimum Gasteiger partial charge on any atom is -0.496 e. The first-order chi connectivity index (χ1) is 21.7.